The summed E-state index contributed by atoms with van der Waals surface area (Å²) in [5.41, 5.74) is 2.98. The van der Waals surface area contributed by atoms with E-state index in [1.165, 1.54) is 5.69 Å². The maximum Gasteiger partial charge on any atom is 0.255 e. The Labute approximate surface area is 167 Å². The van der Waals surface area contributed by atoms with E-state index in [2.05, 4.69) is 50.9 Å². The second kappa shape index (κ2) is 8.61. The SMILES string of the molecule is CCN1CCN(c2cncc(C(=O)N3CCN(c4ccccc4)CC3)c2)CC1. The Morgan fingerprint density at radius 3 is 2.18 bits per heavy atom. The van der Waals surface area contributed by atoms with Crippen molar-refractivity contribution in [2.75, 3.05) is 68.7 Å². The summed E-state index contributed by atoms with van der Waals surface area (Å²) in [6.07, 6.45) is 3.59. The number of pyridine rings is 1. The van der Waals surface area contributed by atoms with Gasteiger partial charge in [0.25, 0.3) is 5.91 Å². The van der Waals surface area contributed by atoms with Crippen molar-refractivity contribution in [2.45, 2.75) is 6.92 Å². The second-order valence-corrected chi connectivity index (χ2v) is 7.47. The maximum absolute atomic E-state index is 13.0. The lowest BCUT2D eigenvalue weighted by atomic mass is 10.2. The van der Waals surface area contributed by atoms with E-state index in [9.17, 15) is 4.79 Å². The van der Waals surface area contributed by atoms with Gasteiger partial charge in [-0.15, -0.1) is 0 Å². The van der Waals surface area contributed by atoms with Gasteiger partial charge in [-0.3, -0.25) is 9.78 Å². The lowest BCUT2D eigenvalue weighted by molar-refractivity contribution is 0.0746. The van der Waals surface area contributed by atoms with Crippen LogP contribution in [-0.4, -0.2) is 79.6 Å². The van der Waals surface area contributed by atoms with Gasteiger partial charge in [-0.1, -0.05) is 25.1 Å². The zero-order valence-electron chi connectivity index (χ0n) is 16.6. The second-order valence-electron chi connectivity index (χ2n) is 7.47. The summed E-state index contributed by atoms with van der Waals surface area (Å²) in [6, 6.07) is 12.4. The Morgan fingerprint density at radius 2 is 1.50 bits per heavy atom. The number of para-hydroxylation sites is 1. The standard InChI is InChI=1S/C22H29N5O/c1-2-24-8-10-26(11-9-24)21-16-19(17-23-18-21)22(28)27-14-12-25(13-15-27)20-6-4-3-5-7-20/h3-7,16-18H,2,8-15H2,1H3. The van der Waals surface area contributed by atoms with E-state index >= 15 is 0 Å². The quantitative estimate of drug-likeness (QED) is 0.815. The topological polar surface area (TPSA) is 42.9 Å². The van der Waals surface area contributed by atoms with Gasteiger partial charge in [0.1, 0.15) is 0 Å². The predicted octanol–water partition coefficient (Wildman–Crippen LogP) is 2.19. The number of hydrogen-bond donors (Lipinski definition) is 0. The lowest BCUT2D eigenvalue weighted by Crippen LogP contribution is -2.49. The molecule has 0 N–H and O–H groups in total. The number of anilines is 2. The molecule has 2 aliphatic rings. The molecule has 1 aromatic heterocycles. The van der Waals surface area contributed by atoms with Crippen molar-refractivity contribution in [3.8, 4) is 0 Å². The molecular weight excluding hydrogens is 350 g/mol. The third-order valence-electron chi connectivity index (χ3n) is 5.84. The van der Waals surface area contributed by atoms with E-state index in [0.717, 1.165) is 64.6 Å². The Hall–Kier alpha value is -2.60. The van der Waals surface area contributed by atoms with Crippen LogP contribution >= 0.6 is 0 Å². The molecule has 6 heteroatoms. The maximum atomic E-state index is 13.0. The number of carbonyl (C=O) groups is 1. The largest absolute Gasteiger partial charge is 0.368 e. The molecule has 1 aromatic carbocycles. The van der Waals surface area contributed by atoms with Gasteiger partial charge >= 0.3 is 0 Å². The molecule has 3 heterocycles. The Balaban J connectivity index is 1.38. The van der Waals surface area contributed by atoms with Crippen molar-refractivity contribution in [1.29, 1.82) is 0 Å². The number of benzene rings is 1. The first kappa shape index (κ1) is 18.7. The average molecular weight is 380 g/mol. The molecule has 2 fully saturated rings. The van der Waals surface area contributed by atoms with Gasteiger partial charge in [-0.25, -0.2) is 0 Å². The molecule has 4 rings (SSSR count). The zero-order valence-corrected chi connectivity index (χ0v) is 16.6. The minimum absolute atomic E-state index is 0.0919. The molecular formula is C22H29N5O. The molecule has 6 nitrogen and oxygen atoms in total. The minimum Gasteiger partial charge on any atom is -0.368 e. The molecule has 0 spiro atoms. The predicted molar refractivity (Wildman–Crippen MR) is 113 cm³/mol. The molecule has 0 radical (unpaired) electrons. The van der Waals surface area contributed by atoms with Crippen molar-refractivity contribution in [3.63, 3.8) is 0 Å². The van der Waals surface area contributed by atoms with E-state index in [1.807, 2.05) is 23.2 Å². The van der Waals surface area contributed by atoms with Crippen molar-refractivity contribution in [2.24, 2.45) is 0 Å². The smallest absolute Gasteiger partial charge is 0.255 e. The van der Waals surface area contributed by atoms with Gasteiger partial charge in [-0.05, 0) is 24.7 Å². The number of nitrogens with zero attached hydrogens (tertiary/aromatic N) is 5. The molecule has 1 amide bonds. The zero-order chi connectivity index (χ0) is 19.3. The van der Waals surface area contributed by atoms with Gasteiger partial charge in [0.2, 0.25) is 0 Å². The van der Waals surface area contributed by atoms with Crippen molar-refractivity contribution in [3.05, 3.63) is 54.4 Å². The Bertz CT molecular complexity index is 781. The van der Waals surface area contributed by atoms with Crippen LogP contribution in [0.2, 0.25) is 0 Å². The number of likely N-dealkylation sites (N-methyl/N-ethyl adjacent to an activating group) is 1. The lowest BCUT2D eigenvalue weighted by Gasteiger charge is -2.37. The molecule has 148 valence electrons. The van der Waals surface area contributed by atoms with Gasteiger partial charge < -0.3 is 19.6 Å². The van der Waals surface area contributed by atoms with E-state index in [1.54, 1.807) is 6.20 Å². The Kier molecular flexibility index (Phi) is 5.76. The van der Waals surface area contributed by atoms with Gasteiger partial charge in [-0.2, -0.15) is 0 Å². The van der Waals surface area contributed by atoms with Crippen LogP contribution in [0.4, 0.5) is 11.4 Å². The van der Waals surface area contributed by atoms with Crippen LogP contribution in [0.3, 0.4) is 0 Å². The van der Waals surface area contributed by atoms with Crippen LogP contribution in [0.5, 0.6) is 0 Å². The first-order valence-electron chi connectivity index (χ1n) is 10.3. The van der Waals surface area contributed by atoms with Crippen LogP contribution in [0.1, 0.15) is 17.3 Å². The highest BCUT2D eigenvalue weighted by Crippen LogP contribution is 2.20. The summed E-state index contributed by atoms with van der Waals surface area (Å²) in [6.45, 7) is 10.6. The molecule has 2 saturated heterocycles. The van der Waals surface area contributed by atoms with E-state index in [0.29, 0.717) is 5.56 Å². The highest BCUT2D eigenvalue weighted by molar-refractivity contribution is 5.95. The number of carbonyl (C=O) groups excluding carboxylic acids is 1. The molecule has 0 unspecified atom stereocenters. The van der Waals surface area contributed by atoms with Crippen LogP contribution in [0.25, 0.3) is 0 Å². The molecule has 2 aliphatic heterocycles. The summed E-state index contributed by atoms with van der Waals surface area (Å²) in [4.78, 5) is 26.5. The normalized spacial score (nSPS) is 18.4. The van der Waals surface area contributed by atoms with E-state index < -0.39 is 0 Å². The third kappa shape index (κ3) is 4.12. The van der Waals surface area contributed by atoms with Crippen LogP contribution in [-0.2, 0) is 0 Å². The molecule has 0 bridgehead atoms. The highest BCUT2D eigenvalue weighted by atomic mass is 16.2. The van der Waals surface area contributed by atoms with E-state index in [-0.39, 0.29) is 5.91 Å². The molecule has 2 aromatic rings. The highest BCUT2D eigenvalue weighted by Gasteiger charge is 2.23. The fraction of sp³-hybridized carbons (Fsp3) is 0.455. The average Bonchev–Trinajstić information content (AvgIpc) is 2.79. The Morgan fingerprint density at radius 1 is 0.857 bits per heavy atom. The number of rotatable bonds is 4. The molecule has 28 heavy (non-hydrogen) atoms. The van der Waals surface area contributed by atoms with Crippen LogP contribution in [0, 0.1) is 0 Å². The number of hydrogen-bond acceptors (Lipinski definition) is 5. The van der Waals surface area contributed by atoms with Gasteiger partial charge in [0.05, 0.1) is 17.4 Å². The van der Waals surface area contributed by atoms with Gasteiger partial charge in [0, 0.05) is 64.2 Å². The number of aromatic nitrogens is 1. The minimum atomic E-state index is 0.0919. The van der Waals surface area contributed by atoms with Crippen molar-refractivity contribution >= 4 is 17.3 Å². The monoisotopic (exact) mass is 379 g/mol. The van der Waals surface area contributed by atoms with Gasteiger partial charge in [0.15, 0.2) is 0 Å². The summed E-state index contributed by atoms with van der Waals surface area (Å²) in [7, 11) is 0. The summed E-state index contributed by atoms with van der Waals surface area (Å²) in [5, 5.41) is 0. The molecule has 0 atom stereocenters. The third-order valence-corrected chi connectivity index (χ3v) is 5.84. The first-order valence-corrected chi connectivity index (χ1v) is 10.3. The fourth-order valence-corrected chi connectivity index (χ4v) is 4.03. The summed E-state index contributed by atoms with van der Waals surface area (Å²) < 4.78 is 0. The number of amides is 1. The summed E-state index contributed by atoms with van der Waals surface area (Å²) >= 11 is 0. The molecule has 0 saturated carbocycles. The fourth-order valence-electron chi connectivity index (χ4n) is 4.03. The summed E-state index contributed by atoms with van der Waals surface area (Å²) in [5.74, 6) is 0.0919. The first-order chi connectivity index (χ1) is 13.7. The molecule has 0 aliphatic carbocycles. The van der Waals surface area contributed by atoms with Crippen LogP contribution < -0.4 is 9.80 Å². The van der Waals surface area contributed by atoms with E-state index in [4.69, 9.17) is 0 Å². The van der Waals surface area contributed by atoms with Crippen molar-refractivity contribution in [1.82, 2.24) is 14.8 Å². The number of piperazine rings is 2. The van der Waals surface area contributed by atoms with Crippen molar-refractivity contribution < 1.29 is 4.79 Å². The van der Waals surface area contributed by atoms with Crippen LogP contribution in [0.15, 0.2) is 48.8 Å².